The number of hydrazine groups is 1. The van der Waals surface area contributed by atoms with E-state index in [0.717, 1.165) is 21.9 Å². The SMILES string of the molecule is CN=C(NN)C(C)NC(=O)c1ccc2c(-c3ccc(F)cc3)cccc2c1. The van der Waals surface area contributed by atoms with E-state index < -0.39 is 0 Å². The van der Waals surface area contributed by atoms with Crippen LogP contribution in [0.4, 0.5) is 4.39 Å². The highest BCUT2D eigenvalue weighted by atomic mass is 19.1. The van der Waals surface area contributed by atoms with Crippen LogP contribution >= 0.6 is 0 Å². The van der Waals surface area contributed by atoms with Crippen LogP contribution in [0, 0.1) is 5.82 Å². The van der Waals surface area contributed by atoms with Crippen molar-refractivity contribution in [3.8, 4) is 11.1 Å². The van der Waals surface area contributed by atoms with E-state index in [2.05, 4.69) is 15.7 Å². The molecule has 0 bridgehead atoms. The molecular formula is C21H21FN4O. The van der Waals surface area contributed by atoms with Gasteiger partial charge in [0, 0.05) is 12.6 Å². The lowest BCUT2D eigenvalue weighted by atomic mass is 9.97. The first kappa shape index (κ1) is 18.5. The van der Waals surface area contributed by atoms with Gasteiger partial charge in [-0.2, -0.15) is 0 Å². The first-order valence-electron chi connectivity index (χ1n) is 8.56. The quantitative estimate of drug-likeness (QED) is 0.288. The van der Waals surface area contributed by atoms with Crippen molar-refractivity contribution in [1.29, 1.82) is 0 Å². The Morgan fingerprint density at radius 1 is 1.11 bits per heavy atom. The second-order valence-electron chi connectivity index (χ2n) is 6.20. The molecule has 0 radical (unpaired) electrons. The summed E-state index contributed by atoms with van der Waals surface area (Å²) in [6.07, 6.45) is 0. The predicted molar refractivity (Wildman–Crippen MR) is 107 cm³/mol. The predicted octanol–water partition coefficient (Wildman–Crippen LogP) is 3.26. The molecule has 3 aromatic carbocycles. The molecule has 5 nitrogen and oxygen atoms in total. The number of amidine groups is 1. The molecule has 0 aliphatic carbocycles. The fraction of sp³-hybridized carbons (Fsp3) is 0.143. The van der Waals surface area contributed by atoms with Gasteiger partial charge in [0.2, 0.25) is 0 Å². The molecule has 0 fully saturated rings. The second kappa shape index (κ2) is 7.97. The lowest BCUT2D eigenvalue weighted by Gasteiger charge is -2.16. The Morgan fingerprint density at radius 3 is 2.52 bits per heavy atom. The Hall–Kier alpha value is -3.25. The first-order valence-corrected chi connectivity index (χ1v) is 8.56. The molecule has 0 aliphatic heterocycles. The number of carbonyl (C=O) groups is 1. The number of carbonyl (C=O) groups excluding carboxylic acids is 1. The number of nitrogens with zero attached hydrogens (tertiary/aromatic N) is 1. The summed E-state index contributed by atoms with van der Waals surface area (Å²) >= 11 is 0. The Bertz CT molecular complexity index is 999. The summed E-state index contributed by atoms with van der Waals surface area (Å²) in [6.45, 7) is 1.80. The molecule has 3 rings (SSSR count). The second-order valence-corrected chi connectivity index (χ2v) is 6.20. The maximum atomic E-state index is 13.2. The van der Waals surface area contributed by atoms with Crippen molar-refractivity contribution in [3.63, 3.8) is 0 Å². The first-order chi connectivity index (χ1) is 13.0. The van der Waals surface area contributed by atoms with Crippen LogP contribution in [0.1, 0.15) is 17.3 Å². The van der Waals surface area contributed by atoms with Crippen LogP contribution in [-0.2, 0) is 0 Å². The number of aliphatic imine (C=N–C) groups is 1. The van der Waals surface area contributed by atoms with E-state index in [1.165, 1.54) is 12.1 Å². The standard InChI is InChI=1S/C21H21FN4O/c1-13(20(24-2)26-23)25-21(27)16-8-11-19-15(12-16)4-3-5-18(19)14-6-9-17(22)10-7-14/h3-13H,23H2,1-2H3,(H,24,26)(H,25,27). The number of nitrogens with two attached hydrogens (primary N) is 1. The van der Waals surface area contributed by atoms with E-state index in [1.54, 1.807) is 32.2 Å². The van der Waals surface area contributed by atoms with Crippen LogP contribution in [0.25, 0.3) is 21.9 Å². The zero-order valence-corrected chi connectivity index (χ0v) is 15.2. The number of fused-ring (bicyclic) bond motifs is 1. The summed E-state index contributed by atoms with van der Waals surface area (Å²) in [5.41, 5.74) is 4.92. The van der Waals surface area contributed by atoms with Crippen molar-refractivity contribution in [2.24, 2.45) is 10.8 Å². The molecule has 4 N–H and O–H groups in total. The van der Waals surface area contributed by atoms with Gasteiger partial charge in [-0.05, 0) is 53.1 Å². The number of amides is 1. The molecule has 0 saturated carbocycles. The number of hydrogen-bond donors (Lipinski definition) is 3. The zero-order chi connectivity index (χ0) is 19.4. The van der Waals surface area contributed by atoms with Crippen molar-refractivity contribution >= 4 is 22.5 Å². The van der Waals surface area contributed by atoms with Crippen molar-refractivity contribution in [3.05, 3.63) is 72.0 Å². The normalized spacial score (nSPS) is 12.7. The van der Waals surface area contributed by atoms with E-state index in [4.69, 9.17) is 5.84 Å². The number of rotatable bonds is 4. The molecule has 1 atom stereocenters. The molecule has 0 heterocycles. The van der Waals surface area contributed by atoms with Gasteiger partial charge in [0.25, 0.3) is 5.91 Å². The van der Waals surface area contributed by atoms with Crippen molar-refractivity contribution in [2.75, 3.05) is 7.05 Å². The third-order valence-corrected chi connectivity index (χ3v) is 4.44. The number of nitrogens with one attached hydrogen (secondary N) is 2. The van der Waals surface area contributed by atoms with Crippen LogP contribution in [0.3, 0.4) is 0 Å². The van der Waals surface area contributed by atoms with Crippen LogP contribution in [-0.4, -0.2) is 24.8 Å². The number of benzene rings is 3. The summed E-state index contributed by atoms with van der Waals surface area (Å²) in [6, 6.07) is 17.4. The van der Waals surface area contributed by atoms with Crippen molar-refractivity contribution in [1.82, 2.24) is 10.7 Å². The van der Waals surface area contributed by atoms with Gasteiger partial charge >= 0.3 is 0 Å². The zero-order valence-electron chi connectivity index (χ0n) is 15.2. The van der Waals surface area contributed by atoms with E-state index in [1.807, 2.05) is 30.3 Å². The smallest absolute Gasteiger partial charge is 0.251 e. The molecule has 1 amide bonds. The fourth-order valence-corrected chi connectivity index (χ4v) is 3.04. The molecule has 0 aliphatic rings. The Kier molecular flexibility index (Phi) is 5.47. The molecule has 6 heteroatoms. The van der Waals surface area contributed by atoms with E-state index >= 15 is 0 Å². The lowest BCUT2D eigenvalue weighted by Crippen LogP contribution is -2.47. The third-order valence-electron chi connectivity index (χ3n) is 4.44. The van der Waals surface area contributed by atoms with E-state index in [9.17, 15) is 9.18 Å². The molecule has 0 saturated heterocycles. The van der Waals surface area contributed by atoms with Crippen LogP contribution in [0.5, 0.6) is 0 Å². The summed E-state index contributed by atoms with van der Waals surface area (Å²) < 4.78 is 13.2. The van der Waals surface area contributed by atoms with Gasteiger partial charge in [-0.1, -0.05) is 36.4 Å². The van der Waals surface area contributed by atoms with E-state index in [0.29, 0.717) is 11.4 Å². The summed E-state index contributed by atoms with van der Waals surface area (Å²) in [5, 5.41) is 4.78. The van der Waals surface area contributed by atoms with Gasteiger partial charge in [-0.25, -0.2) is 10.2 Å². The molecule has 27 heavy (non-hydrogen) atoms. The highest BCUT2D eigenvalue weighted by Crippen LogP contribution is 2.29. The molecule has 1 unspecified atom stereocenters. The third kappa shape index (κ3) is 3.96. The minimum absolute atomic E-state index is 0.215. The average molecular weight is 364 g/mol. The monoisotopic (exact) mass is 364 g/mol. The minimum atomic E-state index is -0.339. The maximum absolute atomic E-state index is 13.2. The van der Waals surface area contributed by atoms with Crippen molar-refractivity contribution in [2.45, 2.75) is 13.0 Å². The van der Waals surface area contributed by atoms with Crippen LogP contribution in [0.2, 0.25) is 0 Å². The number of hydrogen-bond acceptors (Lipinski definition) is 3. The summed E-state index contributed by atoms with van der Waals surface area (Å²) in [7, 11) is 1.60. The van der Waals surface area contributed by atoms with Gasteiger partial charge in [-0.15, -0.1) is 0 Å². The number of halogens is 1. The van der Waals surface area contributed by atoms with Gasteiger partial charge < -0.3 is 10.7 Å². The lowest BCUT2D eigenvalue weighted by molar-refractivity contribution is 0.0949. The molecule has 0 aromatic heterocycles. The Labute approximate surface area is 157 Å². The van der Waals surface area contributed by atoms with Crippen LogP contribution < -0.4 is 16.6 Å². The summed E-state index contributed by atoms with van der Waals surface area (Å²) in [5.74, 6) is 5.40. The van der Waals surface area contributed by atoms with Gasteiger partial charge in [-0.3, -0.25) is 9.79 Å². The maximum Gasteiger partial charge on any atom is 0.251 e. The van der Waals surface area contributed by atoms with E-state index in [-0.39, 0.29) is 17.8 Å². The largest absolute Gasteiger partial charge is 0.342 e. The highest BCUT2D eigenvalue weighted by molar-refractivity contribution is 6.04. The molecule has 3 aromatic rings. The Balaban J connectivity index is 1.92. The van der Waals surface area contributed by atoms with Crippen LogP contribution in [0.15, 0.2) is 65.7 Å². The minimum Gasteiger partial charge on any atom is -0.342 e. The van der Waals surface area contributed by atoms with Gasteiger partial charge in [0.05, 0.1) is 6.04 Å². The van der Waals surface area contributed by atoms with Crippen molar-refractivity contribution < 1.29 is 9.18 Å². The summed E-state index contributed by atoms with van der Waals surface area (Å²) in [4.78, 5) is 16.5. The highest BCUT2D eigenvalue weighted by Gasteiger charge is 2.14. The molecule has 0 spiro atoms. The van der Waals surface area contributed by atoms with Gasteiger partial charge in [0.1, 0.15) is 11.7 Å². The average Bonchev–Trinajstić information content (AvgIpc) is 2.68. The topological polar surface area (TPSA) is 79.5 Å². The fourth-order valence-electron chi connectivity index (χ4n) is 3.04. The molecule has 138 valence electrons. The van der Waals surface area contributed by atoms with Gasteiger partial charge in [0.15, 0.2) is 0 Å². The molecular weight excluding hydrogens is 343 g/mol. The Morgan fingerprint density at radius 2 is 1.85 bits per heavy atom.